The van der Waals surface area contributed by atoms with Crippen LogP contribution in [0.1, 0.15) is 11.1 Å². The molecular formula is C16H10Cl5N3. The molecule has 1 heterocycles. The molecule has 0 aliphatic carbocycles. The van der Waals surface area contributed by atoms with Gasteiger partial charge in [0.2, 0.25) is 3.79 Å². The molecule has 124 valence electrons. The number of amidine groups is 2. The van der Waals surface area contributed by atoms with Crippen molar-refractivity contribution in [2.45, 2.75) is 9.96 Å². The quantitative estimate of drug-likeness (QED) is 0.640. The lowest BCUT2D eigenvalue weighted by atomic mass is 10.1. The van der Waals surface area contributed by atoms with Gasteiger partial charge in [-0.05, 0) is 48.5 Å². The van der Waals surface area contributed by atoms with Crippen molar-refractivity contribution in [2.24, 2.45) is 9.98 Å². The molecule has 2 aromatic carbocycles. The third kappa shape index (κ3) is 4.16. The molecule has 0 saturated carbocycles. The van der Waals surface area contributed by atoms with E-state index in [0.717, 1.165) is 11.1 Å². The molecule has 0 aromatic heterocycles. The van der Waals surface area contributed by atoms with Crippen molar-refractivity contribution in [1.82, 2.24) is 5.32 Å². The highest BCUT2D eigenvalue weighted by Gasteiger charge is 2.35. The van der Waals surface area contributed by atoms with E-state index >= 15 is 0 Å². The van der Waals surface area contributed by atoms with Crippen LogP contribution in [0.15, 0.2) is 58.5 Å². The van der Waals surface area contributed by atoms with Crippen molar-refractivity contribution in [3.8, 4) is 0 Å². The number of benzene rings is 2. The van der Waals surface area contributed by atoms with Gasteiger partial charge in [-0.15, -0.1) is 0 Å². The monoisotopic (exact) mass is 419 g/mol. The number of nitrogens with zero attached hydrogens (tertiary/aromatic N) is 2. The smallest absolute Gasteiger partial charge is 0.232 e. The Bertz CT molecular complexity index is 730. The zero-order chi connectivity index (χ0) is 17.3. The largest absolute Gasteiger partial charge is 0.324 e. The predicted octanol–water partition coefficient (Wildman–Crippen LogP) is 5.49. The molecule has 0 bridgehead atoms. The zero-order valence-electron chi connectivity index (χ0n) is 12.0. The second kappa shape index (κ2) is 7.11. The molecule has 1 aliphatic heterocycles. The molecule has 0 saturated heterocycles. The summed E-state index contributed by atoms with van der Waals surface area (Å²) in [5.41, 5.74) is 1.61. The van der Waals surface area contributed by atoms with Crippen LogP contribution in [0, 0.1) is 0 Å². The molecule has 0 unspecified atom stereocenters. The lowest BCUT2D eigenvalue weighted by molar-refractivity contribution is 0.714. The molecule has 0 spiro atoms. The van der Waals surface area contributed by atoms with E-state index in [1.807, 2.05) is 24.3 Å². The molecule has 1 aliphatic rings. The van der Waals surface area contributed by atoms with E-state index in [4.69, 9.17) is 58.0 Å². The van der Waals surface area contributed by atoms with Crippen LogP contribution in [-0.4, -0.2) is 21.6 Å². The van der Waals surface area contributed by atoms with Crippen molar-refractivity contribution in [2.75, 3.05) is 0 Å². The summed E-state index contributed by atoms with van der Waals surface area (Å²) in [5, 5.41) is 4.41. The van der Waals surface area contributed by atoms with E-state index in [2.05, 4.69) is 15.3 Å². The Hall–Kier alpha value is -0.970. The van der Waals surface area contributed by atoms with Crippen molar-refractivity contribution in [1.29, 1.82) is 0 Å². The van der Waals surface area contributed by atoms with Gasteiger partial charge in [0.1, 0.15) is 11.7 Å². The molecule has 2 aromatic rings. The Morgan fingerprint density at radius 1 is 0.708 bits per heavy atom. The lowest BCUT2D eigenvalue weighted by Crippen LogP contribution is -2.40. The molecule has 3 rings (SSSR count). The lowest BCUT2D eigenvalue weighted by Gasteiger charge is -2.25. The average molecular weight is 422 g/mol. The normalized spacial score (nSPS) is 15.5. The summed E-state index contributed by atoms with van der Waals surface area (Å²) in [4.78, 5) is 8.80. The molecule has 24 heavy (non-hydrogen) atoms. The second-order valence-corrected chi connectivity index (χ2v) is 8.25. The Balaban J connectivity index is 2.00. The zero-order valence-corrected chi connectivity index (χ0v) is 15.8. The van der Waals surface area contributed by atoms with Crippen LogP contribution in [0.2, 0.25) is 10.0 Å². The van der Waals surface area contributed by atoms with Gasteiger partial charge >= 0.3 is 0 Å². The summed E-state index contributed by atoms with van der Waals surface area (Å²) in [6, 6.07) is 14.4. The van der Waals surface area contributed by atoms with Crippen LogP contribution >= 0.6 is 58.0 Å². The van der Waals surface area contributed by atoms with Gasteiger partial charge in [0.15, 0.2) is 6.17 Å². The van der Waals surface area contributed by atoms with E-state index in [0.29, 0.717) is 21.7 Å². The SMILES string of the molecule is Clc1ccc(C2=NC(C(Cl)(Cl)Cl)N=C(c3ccc(Cl)cc3)N2)cc1. The van der Waals surface area contributed by atoms with Crippen LogP contribution in [0.3, 0.4) is 0 Å². The first-order valence-electron chi connectivity index (χ1n) is 6.84. The third-order valence-electron chi connectivity index (χ3n) is 3.27. The van der Waals surface area contributed by atoms with Gasteiger partial charge in [-0.3, -0.25) is 0 Å². The molecule has 1 N–H and O–H groups in total. The van der Waals surface area contributed by atoms with Gasteiger partial charge in [0, 0.05) is 21.2 Å². The minimum absolute atomic E-state index is 0.544. The summed E-state index contributed by atoms with van der Waals surface area (Å²) in [5.74, 6) is 1.09. The maximum Gasteiger partial charge on any atom is 0.232 e. The van der Waals surface area contributed by atoms with Crippen LogP contribution < -0.4 is 5.32 Å². The van der Waals surface area contributed by atoms with Gasteiger partial charge in [0.25, 0.3) is 0 Å². The molecule has 0 radical (unpaired) electrons. The van der Waals surface area contributed by atoms with Gasteiger partial charge in [0.05, 0.1) is 0 Å². The second-order valence-electron chi connectivity index (χ2n) is 5.01. The minimum atomic E-state index is -1.67. The minimum Gasteiger partial charge on any atom is -0.324 e. The van der Waals surface area contributed by atoms with E-state index in [9.17, 15) is 0 Å². The van der Waals surface area contributed by atoms with Crippen LogP contribution in [0.25, 0.3) is 0 Å². The average Bonchev–Trinajstić information content (AvgIpc) is 2.55. The summed E-state index contributed by atoms with van der Waals surface area (Å²) in [7, 11) is 0. The highest BCUT2D eigenvalue weighted by Crippen LogP contribution is 2.34. The van der Waals surface area contributed by atoms with Crippen molar-refractivity contribution >= 4 is 69.7 Å². The Labute approximate surface area is 164 Å². The number of nitrogens with one attached hydrogen (secondary N) is 1. The fraction of sp³-hybridized carbons (Fsp3) is 0.125. The molecule has 3 nitrogen and oxygen atoms in total. The van der Waals surface area contributed by atoms with Crippen LogP contribution in [0.5, 0.6) is 0 Å². The third-order valence-corrected chi connectivity index (χ3v) is 4.36. The van der Waals surface area contributed by atoms with Gasteiger partial charge in [-0.1, -0.05) is 58.0 Å². The van der Waals surface area contributed by atoms with E-state index < -0.39 is 9.96 Å². The molecule has 0 fully saturated rings. The van der Waals surface area contributed by atoms with Crippen molar-refractivity contribution in [3.63, 3.8) is 0 Å². The standard InChI is InChI=1S/C16H10Cl5N3/c17-11-5-1-9(2-6-11)13-22-14(10-3-7-12(18)8-4-10)24-15(23-13)16(19,20)21/h1-8,15H,(H,22,23,24). The van der Waals surface area contributed by atoms with Crippen LogP contribution in [0.4, 0.5) is 0 Å². The number of hydrogen-bond donors (Lipinski definition) is 1. The fourth-order valence-corrected chi connectivity index (χ4v) is 2.65. The summed E-state index contributed by atoms with van der Waals surface area (Å²) in [6.45, 7) is 0. The highest BCUT2D eigenvalue weighted by molar-refractivity contribution is 6.68. The topological polar surface area (TPSA) is 36.8 Å². The number of hydrogen-bond acceptors (Lipinski definition) is 3. The first-order valence-corrected chi connectivity index (χ1v) is 8.73. The van der Waals surface area contributed by atoms with Crippen molar-refractivity contribution in [3.05, 3.63) is 69.7 Å². The Morgan fingerprint density at radius 3 is 1.42 bits per heavy atom. The van der Waals surface area contributed by atoms with Crippen LogP contribution in [-0.2, 0) is 0 Å². The predicted molar refractivity (Wildman–Crippen MR) is 103 cm³/mol. The number of aliphatic imine (C=N–C) groups is 2. The maximum absolute atomic E-state index is 6.01. The van der Waals surface area contributed by atoms with E-state index in [-0.39, 0.29) is 0 Å². The van der Waals surface area contributed by atoms with E-state index in [1.54, 1.807) is 24.3 Å². The molecule has 8 heteroatoms. The van der Waals surface area contributed by atoms with Gasteiger partial charge < -0.3 is 5.32 Å². The molecule has 0 atom stereocenters. The maximum atomic E-state index is 6.01. The molecular weight excluding hydrogens is 411 g/mol. The number of alkyl halides is 3. The van der Waals surface area contributed by atoms with Gasteiger partial charge in [-0.2, -0.15) is 0 Å². The summed E-state index contributed by atoms with van der Waals surface area (Å²) in [6.07, 6.45) is -0.875. The van der Waals surface area contributed by atoms with E-state index in [1.165, 1.54) is 0 Å². The number of halogens is 5. The number of rotatable bonds is 2. The highest BCUT2D eigenvalue weighted by atomic mass is 35.6. The Morgan fingerprint density at radius 2 is 1.08 bits per heavy atom. The first kappa shape index (κ1) is 17.8. The molecule has 0 amide bonds. The summed E-state index contributed by atoms with van der Waals surface area (Å²) < 4.78 is -1.67. The van der Waals surface area contributed by atoms with Crippen molar-refractivity contribution < 1.29 is 0 Å². The fourth-order valence-electron chi connectivity index (χ4n) is 2.11. The first-order chi connectivity index (χ1) is 11.3. The summed E-state index contributed by atoms with van der Waals surface area (Å²) >= 11 is 29.9. The Kier molecular flexibility index (Phi) is 5.28. The van der Waals surface area contributed by atoms with Gasteiger partial charge in [-0.25, -0.2) is 9.98 Å².